The number of rotatable bonds is 3. The lowest BCUT2D eigenvalue weighted by Crippen LogP contribution is -2.00. The molecule has 0 fully saturated rings. The van der Waals surface area contributed by atoms with E-state index in [9.17, 15) is 5.21 Å². The lowest BCUT2D eigenvalue weighted by molar-refractivity contribution is -0.355. The fraction of sp³-hybridized carbons (Fsp3) is 0.0714. The highest BCUT2D eigenvalue weighted by Gasteiger charge is 2.08. The predicted octanol–water partition coefficient (Wildman–Crippen LogP) is 2.96. The van der Waals surface area contributed by atoms with Gasteiger partial charge in [-0.1, -0.05) is 30.3 Å². The summed E-state index contributed by atoms with van der Waals surface area (Å²) < 4.78 is 5.96. The number of para-hydroxylation sites is 2. The molecule has 17 heavy (non-hydrogen) atoms. The van der Waals surface area contributed by atoms with E-state index in [1.165, 1.54) is 6.21 Å². The van der Waals surface area contributed by atoms with Gasteiger partial charge in [-0.2, -0.15) is 4.74 Å². The molecule has 2 rings (SSSR count). The molecule has 86 valence electrons. The highest BCUT2D eigenvalue weighted by Crippen LogP contribution is 2.25. The monoisotopic (exact) mass is 227 g/mol. The fourth-order valence-electron chi connectivity index (χ4n) is 1.56. The van der Waals surface area contributed by atoms with E-state index >= 15 is 0 Å². The summed E-state index contributed by atoms with van der Waals surface area (Å²) in [7, 11) is 1.55. The number of hydrogen-bond donors (Lipinski definition) is 0. The third-order valence-corrected chi connectivity index (χ3v) is 2.39. The smallest absolute Gasteiger partial charge is 0.258 e. The van der Waals surface area contributed by atoms with Crippen LogP contribution < -0.4 is 4.74 Å². The van der Waals surface area contributed by atoms with Gasteiger partial charge in [0.2, 0.25) is 0 Å². The van der Waals surface area contributed by atoms with Crippen molar-refractivity contribution in [3.63, 3.8) is 0 Å². The molecule has 0 unspecified atom stereocenters. The summed E-state index contributed by atoms with van der Waals surface area (Å²) in [5.74, 6) is 0.565. The molecule has 2 aromatic rings. The lowest BCUT2D eigenvalue weighted by Gasteiger charge is -2.07. The van der Waals surface area contributed by atoms with E-state index in [2.05, 4.69) is 0 Å². The summed E-state index contributed by atoms with van der Waals surface area (Å²) in [6.45, 7) is 0. The van der Waals surface area contributed by atoms with Crippen LogP contribution in [0.5, 0.6) is 5.75 Å². The average molecular weight is 227 g/mol. The third-order valence-electron chi connectivity index (χ3n) is 2.39. The Morgan fingerprint density at radius 1 is 1.00 bits per heavy atom. The number of nitrogens with zero attached hydrogens (tertiary/aromatic N) is 1. The SMILES string of the molecule is COc1ccccc1/[N+]([O-])=C/c1ccccc1. The normalized spacial score (nSPS) is 11.2. The first-order valence-electron chi connectivity index (χ1n) is 5.30. The van der Waals surface area contributed by atoms with Crippen molar-refractivity contribution in [2.45, 2.75) is 0 Å². The van der Waals surface area contributed by atoms with Gasteiger partial charge < -0.3 is 9.94 Å². The summed E-state index contributed by atoms with van der Waals surface area (Å²) in [5.41, 5.74) is 1.35. The minimum absolute atomic E-state index is 0.499. The Hall–Kier alpha value is -2.29. The molecule has 0 spiro atoms. The van der Waals surface area contributed by atoms with Crippen LogP contribution in [-0.4, -0.2) is 18.1 Å². The Kier molecular flexibility index (Phi) is 3.40. The highest BCUT2D eigenvalue weighted by atomic mass is 16.5. The minimum atomic E-state index is 0.499. The van der Waals surface area contributed by atoms with Gasteiger partial charge >= 0.3 is 0 Å². The van der Waals surface area contributed by atoms with Crippen molar-refractivity contribution in [1.29, 1.82) is 0 Å². The second-order valence-corrected chi connectivity index (χ2v) is 3.54. The first-order valence-corrected chi connectivity index (χ1v) is 5.30. The Bertz CT molecular complexity index is 521. The van der Waals surface area contributed by atoms with Gasteiger partial charge in [0.25, 0.3) is 5.69 Å². The van der Waals surface area contributed by atoms with Crippen molar-refractivity contribution < 1.29 is 9.48 Å². The van der Waals surface area contributed by atoms with E-state index in [1.54, 1.807) is 19.2 Å². The van der Waals surface area contributed by atoms with Crippen molar-refractivity contribution in [1.82, 2.24) is 0 Å². The van der Waals surface area contributed by atoms with Gasteiger partial charge in [-0.15, -0.1) is 0 Å². The lowest BCUT2D eigenvalue weighted by atomic mass is 10.2. The maximum absolute atomic E-state index is 12.0. The van der Waals surface area contributed by atoms with Crippen LogP contribution in [0.4, 0.5) is 5.69 Å². The van der Waals surface area contributed by atoms with Crippen LogP contribution in [0.2, 0.25) is 0 Å². The summed E-state index contributed by atoms with van der Waals surface area (Å²) in [5, 5.41) is 12.0. The molecule has 0 radical (unpaired) electrons. The maximum atomic E-state index is 12.0. The fourth-order valence-corrected chi connectivity index (χ4v) is 1.56. The first kappa shape index (κ1) is 11.2. The van der Waals surface area contributed by atoms with Crippen LogP contribution in [0.1, 0.15) is 5.56 Å². The van der Waals surface area contributed by atoms with Crippen molar-refractivity contribution in [2.24, 2.45) is 0 Å². The number of benzene rings is 2. The van der Waals surface area contributed by atoms with Crippen LogP contribution in [-0.2, 0) is 0 Å². The molecule has 0 atom stereocenters. The standard InChI is InChI=1S/C14H13NO2/c1-17-14-10-6-5-9-13(14)15(16)11-12-7-3-2-4-8-12/h2-11H,1H3/b15-11-. The van der Waals surface area contributed by atoms with Crippen LogP contribution in [0.25, 0.3) is 0 Å². The van der Waals surface area contributed by atoms with Crippen LogP contribution >= 0.6 is 0 Å². The van der Waals surface area contributed by atoms with Crippen LogP contribution in [0.3, 0.4) is 0 Å². The summed E-state index contributed by atoms with van der Waals surface area (Å²) >= 11 is 0. The maximum Gasteiger partial charge on any atom is 0.258 e. The molecule has 0 bridgehead atoms. The molecule has 0 heterocycles. The third kappa shape index (κ3) is 2.64. The van der Waals surface area contributed by atoms with E-state index in [4.69, 9.17) is 4.74 Å². The van der Waals surface area contributed by atoms with Gasteiger partial charge in [0.05, 0.1) is 7.11 Å². The molecule has 3 heteroatoms. The molecule has 0 aliphatic carbocycles. The molecule has 0 saturated carbocycles. The highest BCUT2D eigenvalue weighted by molar-refractivity contribution is 5.76. The average Bonchev–Trinajstić information content (AvgIpc) is 2.40. The predicted molar refractivity (Wildman–Crippen MR) is 67.9 cm³/mol. The number of ether oxygens (including phenoxy) is 1. The summed E-state index contributed by atoms with van der Waals surface area (Å²) in [6, 6.07) is 16.6. The van der Waals surface area contributed by atoms with E-state index in [-0.39, 0.29) is 0 Å². The first-order chi connectivity index (χ1) is 8.31. The van der Waals surface area contributed by atoms with Crippen molar-refractivity contribution in [3.8, 4) is 5.75 Å². The molecule has 0 saturated heterocycles. The molecule has 3 nitrogen and oxygen atoms in total. The largest absolute Gasteiger partial charge is 0.618 e. The van der Waals surface area contributed by atoms with Gasteiger partial charge in [0.15, 0.2) is 12.0 Å². The molecule has 0 aliphatic rings. The van der Waals surface area contributed by atoms with Gasteiger partial charge in [-0.3, -0.25) is 0 Å². The quantitative estimate of drug-likeness (QED) is 0.350. The Labute approximate surface area is 100 Å². The van der Waals surface area contributed by atoms with Crippen molar-refractivity contribution >= 4 is 11.9 Å². The zero-order chi connectivity index (χ0) is 12.1. The Morgan fingerprint density at radius 3 is 2.35 bits per heavy atom. The summed E-state index contributed by atoms with van der Waals surface area (Å²) in [4.78, 5) is 0. The van der Waals surface area contributed by atoms with Crippen LogP contribution in [0.15, 0.2) is 54.6 Å². The molecule has 2 aromatic carbocycles. The Morgan fingerprint density at radius 2 is 1.65 bits per heavy atom. The van der Waals surface area contributed by atoms with Gasteiger partial charge in [-0.05, 0) is 18.2 Å². The van der Waals surface area contributed by atoms with Gasteiger partial charge in [0.1, 0.15) is 0 Å². The molecule has 0 amide bonds. The minimum Gasteiger partial charge on any atom is -0.618 e. The molecular formula is C14H13NO2. The van der Waals surface area contributed by atoms with E-state index in [1.807, 2.05) is 42.5 Å². The van der Waals surface area contributed by atoms with Crippen molar-refractivity contribution in [3.05, 3.63) is 65.4 Å². The van der Waals surface area contributed by atoms with E-state index in [0.717, 1.165) is 10.3 Å². The van der Waals surface area contributed by atoms with Gasteiger partial charge in [0, 0.05) is 11.6 Å². The number of hydrogen-bond acceptors (Lipinski definition) is 2. The molecular weight excluding hydrogens is 214 g/mol. The van der Waals surface area contributed by atoms with E-state index in [0.29, 0.717) is 11.4 Å². The topological polar surface area (TPSA) is 35.3 Å². The van der Waals surface area contributed by atoms with E-state index < -0.39 is 0 Å². The summed E-state index contributed by atoms with van der Waals surface area (Å²) in [6.07, 6.45) is 1.53. The number of methoxy groups -OCH3 is 1. The zero-order valence-electron chi connectivity index (χ0n) is 9.54. The van der Waals surface area contributed by atoms with Gasteiger partial charge in [-0.25, -0.2) is 0 Å². The van der Waals surface area contributed by atoms with Crippen molar-refractivity contribution in [2.75, 3.05) is 7.11 Å². The second kappa shape index (κ2) is 5.16. The zero-order valence-corrected chi connectivity index (χ0v) is 9.54. The molecule has 0 N–H and O–H groups in total. The Balaban J connectivity index is 2.37. The molecule has 0 aromatic heterocycles. The molecule has 0 aliphatic heterocycles. The van der Waals surface area contributed by atoms with Crippen LogP contribution in [0, 0.1) is 5.21 Å². The second-order valence-electron chi connectivity index (χ2n) is 3.54.